The molecule has 5 heteroatoms. The number of pyridine rings is 1. The Morgan fingerprint density at radius 2 is 1.90 bits per heavy atom. The van der Waals surface area contributed by atoms with Crippen LogP contribution in [0.1, 0.15) is 44.6 Å². The third-order valence-electron chi connectivity index (χ3n) is 6.25. The van der Waals surface area contributed by atoms with Crippen LogP contribution >= 0.6 is 0 Å². The van der Waals surface area contributed by atoms with Gasteiger partial charge in [-0.15, -0.1) is 0 Å². The number of aryl methyl sites for hydroxylation is 2. The average Bonchev–Trinajstić information content (AvgIpc) is 2.80. The molecule has 0 fully saturated rings. The van der Waals surface area contributed by atoms with Crippen LogP contribution in [0.15, 0.2) is 51.9 Å². The number of benzene rings is 1. The molecule has 31 heavy (non-hydrogen) atoms. The summed E-state index contributed by atoms with van der Waals surface area (Å²) in [5.74, 6) is 0. The number of ether oxygens (including phenoxy) is 1. The highest BCUT2D eigenvalue weighted by atomic mass is 16.5. The third kappa shape index (κ3) is 4.99. The van der Waals surface area contributed by atoms with Crippen molar-refractivity contribution in [2.24, 2.45) is 0 Å². The molecule has 0 bridgehead atoms. The van der Waals surface area contributed by atoms with Crippen LogP contribution in [0.2, 0.25) is 0 Å². The summed E-state index contributed by atoms with van der Waals surface area (Å²) in [5, 5.41) is 0.999. The number of nitrogens with zero attached hydrogens (tertiary/aromatic N) is 2. The van der Waals surface area contributed by atoms with Gasteiger partial charge in [-0.1, -0.05) is 6.42 Å². The number of fused-ring (bicyclic) bond motifs is 2. The monoisotopic (exact) mass is 421 g/mol. The van der Waals surface area contributed by atoms with Gasteiger partial charge in [0.15, 0.2) is 12.4 Å². The highest BCUT2D eigenvalue weighted by Gasteiger charge is 2.18. The quantitative estimate of drug-likeness (QED) is 0.285. The van der Waals surface area contributed by atoms with E-state index in [-0.39, 0.29) is 5.63 Å². The maximum absolute atomic E-state index is 12.7. The molecule has 3 heterocycles. The number of unbranched alkanes of at least 4 members (excludes halogenated alkanes) is 3. The van der Waals surface area contributed by atoms with Gasteiger partial charge in [0.2, 0.25) is 0 Å². The minimum atomic E-state index is -0.276. The van der Waals surface area contributed by atoms with Crippen molar-refractivity contribution in [1.29, 1.82) is 0 Å². The van der Waals surface area contributed by atoms with E-state index in [4.69, 9.17) is 9.15 Å². The van der Waals surface area contributed by atoms with Crippen LogP contribution in [0.25, 0.3) is 22.1 Å². The smallest absolute Gasteiger partial charge is 0.344 e. The Bertz CT molecular complexity index is 1070. The van der Waals surface area contributed by atoms with Crippen molar-refractivity contribution in [3.8, 4) is 11.1 Å². The first-order valence-corrected chi connectivity index (χ1v) is 11.5. The molecule has 5 nitrogen and oxygen atoms in total. The molecule has 0 aliphatic carbocycles. The average molecular weight is 422 g/mol. The normalized spacial score (nSPS) is 13.5. The molecule has 3 aromatic rings. The van der Waals surface area contributed by atoms with Crippen LogP contribution < -0.4 is 15.1 Å². The van der Waals surface area contributed by atoms with E-state index in [1.165, 1.54) is 30.5 Å². The Balaban J connectivity index is 1.51. The third-order valence-corrected chi connectivity index (χ3v) is 6.25. The lowest BCUT2D eigenvalue weighted by molar-refractivity contribution is -0.697. The molecule has 0 atom stereocenters. The van der Waals surface area contributed by atoms with Gasteiger partial charge in [-0.25, -0.2) is 9.36 Å². The fourth-order valence-corrected chi connectivity index (χ4v) is 4.49. The van der Waals surface area contributed by atoms with Crippen LogP contribution in [0.4, 0.5) is 5.69 Å². The van der Waals surface area contributed by atoms with E-state index in [2.05, 4.69) is 34.9 Å². The van der Waals surface area contributed by atoms with E-state index in [1.807, 2.05) is 24.3 Å². The molecule has 0 N–H and O–H groups in total. The Morgan fingerprint density at radius 1 is 1.10 bits per heavy atom. The van der Waals surface area contributed by atoms with Gasteiger partial charge in [0.25, 0.3) is 0 Å². The Morgan fingerprint density at radius 3 is 2.68 bits per heavy atom. The van der Waals surface area contributed by atoms with Crippen LogP contribution in [-0.4, -0.2) is 26.8 Å². The molecule has 0 saturated heterocycles. The molecule has 0 saturated carbocycles. The zero-order chi connectivity index (χ0) is 21.6. The molecule has 0 unspecified atom stereocenters. The Hall–Kier alpha value is -2.66. The zero-order valence-corrected chi connectivity index (χ0v) is 18.7. The van der Waals surface area contributed by atoms with Crippen molar-refractivity contribution >= 4 is 16.7 Å². The fourth-order valence-electron chi connectivity index (χ4n) is 4.49. The summed E-state index contributed by atoms with van der Waals surface area (Å²) in [4.78, 5) is 15.1. The maximum atomic E-state index is 12.7. The van der Waals surface area contributed by atoms with Crippen molar-refractivity contribution in [1.82, 2.24) is 0 Å². The topological polar surface area (TPSA) is 46.6 Å². The van der Waals surface area contributed by atoms with Gasteiger partial charge in [-0.05, 0) is 50.3 Å². The first kappa shape index (κ1) is 21.6. The van der Waals surface area contributed by atoms with Crippen LogP contribution in [0, 0.1) is 0 Å². The number of anilines is 1. The van der Waals surface area contributed by atoms with Gasteiger partial charge in [0.05, 0.1) is 5.56 Å². The number of aromatic nitrogens is 1. The van der Waals surface area contributed by atoms with Gasteiger partial charge in [0, 0.05) is 68.1 Å². The van der Waals surface area contributed by atoms with Crippen molar-refractivity contribution in [3.63, 3.8) is 0 Å². The summed E-state index contributed by atoms with van der Waals surface area (Å²) >= 11 is 0. The highest BCUT2D eigenvalue weighted by Crippen LogP contribution is 2.32. The zero-order valence-electron chi connectivity index (χ0n) is 18.7. The molecular weight excluding hydrogens is 388 g/mol. The predicted octanol–water partition coefficient (Wildman–Crippen LogP) is 4.73. The lowest BCUT2D eigenvalue weighted by Crippen LogP contribution is -2.32. The SMILES string of the molecule is CCN1CCCc2cc3cc(-c4cc[n+](CCCCCCOC)cc4)c(=O)oc3cc21. The number of rotatable bonds is 9. The fraction of sp³-hybridized carbons (Fsp3) is 0.462. The standard InChI is InChI=1S/C26H33N2O3/c1-3-28-13-8-9-21-17-22-18-23(26(29)31-25(22)19-24(21)28)20-10-14-27(15-11-20)12-6-4-5-7-16-30-2/h10-11,14-15,17-19H,3-9,12-13,16H2,1-2H3/q+1. The molecule has 0 spiro atoms. The molecule has 1 aliphatic heterocycles. The first-order valence-electron chi connectivity index (χ1n) is 11.5. The number of methoxy groups -OCH3 is 1. The van der Waals surface area contributed by atoms with Gasteiger partial charge in [-0.2, -0.15) is 0 Å². The molecule has 1 aliphatic rings. The van der Waals surface area contributed by atoms with E-state index in [9.17, 15) is 4.79 Å². The summed E-state index contributed by atoms with van der Waals surface area (Å²) in [6.45, 7) is 6.03. The highest BCUT2D eigenvalue weighted by molar-refractivity contribution is 5.86. The summed E-state index contributed by atoms with van der Waals surface area (Å²) < 4.78 is 13.0. The van der Waals surface area contributed by atoms with E-state index in [0.29, 0.717) is 11.1 Å². The lowest BCUT2D eigenvalue weighted by atomic mass is 9.98. The molecule has 2 aromatic heterocycles. The Kier molecular flexibility index (Phi) is 7.03. The predicted molar refractivity (Wildman–Crippen MR) is 125 cm³/mol. The number of hydrogen-bond acceptors (Lipinski definition) is 4. The van der Waals surface area contributed by atoms with Gasteiger partial charge in [-0.3, -0.25) is 0 Å². The molecule has 0 amide bonds. The first-order chi connectivity index (χ1) is 15.2. The maximum Gasteiger partial charge on any atom is 0.344 e. The second-order valence-corrected chi connectivity index (χ2v) is 8.38. The van der Waals surface area contributed by atoms with E-state index >= 15 is 0 Å². The molecule has 164 valence electrons. The molecule has 1 aromatic carbocycles. The van der Waals surface area contributed by atoms with Crippen LogP contribution in [-0.2, 0) is 17.7 Å². The van der Waals surface area contributed by atoms with Gasteiger partial charge < -0.3 is 14.1 Å². The van der Waals surface area contributed by atoms with Crippen LogP contribution in [0.5, 0.6) is 0 Å². The van der Waals surface area contributed by atoms with E-state index < -0.39 is 0 Å². The van der Waals surface area contributed by atoms with Crippen molar-refractivity contribution in [3.05, 3.63) is 58.7 Å². The van der Waals surface area contributed by atoms with Crippen molar-refractivity contribution in [2.75, 3.05) is 31.7 Å². The second-order valence-electron chi connectivity index (χ2n) is 8.38. The minimum absolute atomic E-state index is 0.276. The largest absolute Gasteiger partial charge is 0.422 e. The summed E-state index contributed by atoms with van der Waals surface area (Å²) in [5.41, 5.74) is 4.48. The second kappa shape index (κ2) is 10.1. The van der Waals surface area contributed by atoms with Crippen molar-refractivity contribution in [2.45, 2.75) is 52.0 Å². The Labute approximate surface area is 184 Å². The minimum Gasteiger partial charge on any atom is -0.422 e. The van der Waals surface area contributed by atoms with E-state index in [1.54, 1.807) is 7.11 Å². The van der Waals surface area contributed by atoms with Crippen molar-refractivity contribution < 1.29 is 13.7 Å². The van der Waals surface area contributed by atoms with Gasteiger partial charge >= 0.3 is 5.63 Å². The molecular formula is C26H33N2O3+. The summed E-state index contributed by atoms with van der Waals surface area (Å²) in [6.07, 6.45) is 11.0. The summed E-state index contributed by atoms with van der Waals surface area (Å²) in [6, 6.07) is 10.3. The molecule has 0 radical (unpaired) electrons. The lowest BCUT2D eigenvalue weighted by Gasteiger charge is -2.30. The van der Waals surface area contributed by atoms with E-state index in [0.717, 1.165) is 56.5 Å². The van der Waals surface area contributed by atoms with Crippen LogP contribution in [0.3, 0.4) is 0 Å². The molecule has 4 rings (SSSR count). The summed E-state index contributed by atoms with van der Waals surface area (Å²) in [7, 11) is 1.75. The number of hydrogen-bond donors (Lipinski definition) is 0. The van der Waals surface area contributed by atoms with Gasteiger partial charge in [0.1, 0.15) is 12.1 Å².